The van der Waals surface area contributed by atoms with Crippen molar-refractivity contribution in [1.82, 2.24) is 0 Å². The second-order valence-corrected chi connectivity index (χ2v) is 4.42. The molecule has 0 amide bonds. The molecule has 19 heavy (non-hydrogen) atoms. The van der Waals surface area contributed by atoms with E-state index in [0.29, 0.717) is 12.0 Å². The van der Waals surface area contributed by atoms with E-state index in [-0.39, 0.29) is 5.69 Å². The van der Waals surface area contributed by atoms with Crippen molar-refractivity contribution >= 4 is 11.7 Å². The van der Waals surface area contributed by atoms with E-state index in [0.717, 1.165) is 12.8 Å². The van der Waals surface area contributed by atoms with E-state index in [1.54, 1.807) is 6.92 Å². The third-order valence-corrected chi connectivity index (χ3v) is 2.93. The molecule has 1 aromatic rings. The number of carbonyl (C=O) groups is 1. The fourth-order valence-corrected chi connectivity index (χ4v) is 1.76. The van der Waals surface area contributed by atoms with Crippen molar-refractivity contribution in [2.75, 3.05) is 12.4 Å². The predicted octanol–water partition coefficient (Wildman–Crippen LogP) is 3.42. The van der Waals surface area contributed by atoms with Crippen LogP contribution in [0.4, 0.5) is 14.5 Å². The highest BCUT2D eigenvalue weighted by Gasteiger charge is 2.22. The van der Waals surface area contributed by atoms with Gasteiger partial charge in [0.15, 0.2) is 5.82 Å². The minimum atomic E-state index is -0.740. The van der Waals surface area contributed by atoms with Crippen LogP contribution in [0.15, 0.2) is 12.1 Å². The second kappa shape index (κ2) is 7.07. The van der Waals surface area contributed by atoms with Crippen LogP contribution in [0.25, 0.3) is 0 Å². The summed E-state index contributed by atoms with van der Waals surface area (Å²) in [6.07, 6.45) is 2.12. The van der Waals surface area contributed by atoms with Crippen LogP contribution >= 0.6 is 0 Å². The molecule has 106 valence electrons. The minimum absolute atomic E-state index is 0.272. The van der Waals surface area contributed by atoms with Crippen molar-refractivity contribution in [3.8, 4) is 0 Å². The predicted molar refractivity (Wildman–Crippen MR) is 70.0 cm³/mol. The Morgan fingerprint density at radius 3 is 2.68 bits per heavy atom. The summed E-state index contributed by atoms with van der Waals surface area (Å²) in [4.78, 5) is 11.6. The van der Waals surface area contributed by atoms with Crippen LogP contribution in [0.3, 0.4) is 0 Å². The number of halogens is 2. The van der Waals surface area contributed by atoms with Crippen LogP contribution in [0.1, 0.15) is 31.7 Å². The number of esters is 1. The minimum Gasteiger partial charge on any atom is -0.467 e. The molecule has 0 bridgehead atoms. The number of anilines is 1. The molecule has 5 heteroatoms. The van der Waals surface area contributed by atoms with Gasteiger partial charge in [0.1, 0.15) is 17.5 Å². The molecule has 1 aromatic carbocycles. The summed E-state index contributed by atoms with van der Waals surface area (Å²) in [5.41, 5.74) is 0.0505. The number of hydrogen-bond acceptors (Lipinski definition) is 3. The van der Waals surface area contributed by atoms with Gasteiger partial charge in [-0.15, -0.1) is 0 Å². The largest absolute Gasteiger partial charge is 0.467 e. The Hall–Kier alpha value is -1.65. The van der Waals surface area contributed by atoms with E-state index < -0.39 is 23.6 Å². The second-order valence-electron chi connectivity index (χ2n) is 4.42. The Morgan fingerprint density at radius 2 is 2.11 bits per heavy atom. The number of benzene rings is 1. The fraction of sp³-hybridized carbons (Fsp3) is 0.500. The molecular formula is C14H19F2NO2. The summed E-state index contributed by atoms with van der Waals surface area (Å²) in [5, 5.41) is 2.62. The molecule has 1 atom stereocenters. The van der Waals surface area contributed by atoms with Crippen molar-refractivity contribution in [3.05, 3.63) is 29.3 Å². The first-order valence-electron chi connectivity index (χ1n) is 6.30. The third-order valence-electron chi connectivity index (χ3n) is 2.93. The Bertz CT molecular complexity index is 449. The fourth-order valence-electron chi connectivity index (χ4n) is 1.76. The number of nitrogens with one attached hydrogen (secondary N) is 1. The Kier molecular flexibility index (Phi) is 5.73. The van der Waals surface area contributed by atoms with Gasteiger partial charge in [-0.25, -0.2) is 13.6 Å². The van der Waals surface area contributed by atoms with Crippen LogP contribution in [-0.2, 0) is 9.53 Å². The van der Waals surface area contributed by atoms with Crippen LogP contribution in [0, 0.1) is 18.6 Å². The number of rotatable bonds is 6. The zero-order chi connectivity index (χ0) is 14.4. The number of unbranched alkanes of at least 4 members (excludes halogenated alkanes) is 1. The molecule has 0 saturated carbocycles. The van der Waals surface area contributed by atoms with Crippen molar-refractivity contribution in [1.29, 1.82) is 0 Å². The van der Waals surface area contributed by atoms with E-state index in [2.05, 4.69) is 10.1 Å². The van der Waals surface area contributed by atoms with Crippen molar-refractivity contribution in [2.45, 2.75) is 39.2 Å². The lowest BCUT2D eigenvalue weighted by molar-refractivity contribution is -0.141. The quantitative estimate of drug-likeness (QED) is 0.806. The molecule has 1 rings (SSSR count). The number of ether oxygens (including phenoxy) is 1. The molecule has 0 saturated heterocycles. The van der Waals surface area contributed by atoms with Gasteiger partial charge >= 0.3 is 5.97 Å². The van der Waals surface area contributed by atoms with E-state index in [4.69, 9.17) is 0 Å². The molecule has 1 unspecified atom stereocenters. The van der Waals surface area contributed by atoms with Crippen molar-refractivity contribution in [3.63, 3.8) is 0 Å². The SMILES string of the molecule is CCCCC(Nc1c(F)ccc(C)c1F)C(=O)OC. The van der Waals surface area contributed by atoms with Gasteiger partial charge in [-0.05, 0) is 25.0 Å². The average Bonchev–Trinajstić information content (AvgIpc) is 2.41. The maximum atomic E-state index is 13.9. The summed E-state index contributed by atoms with van der Waals surface area (Å²) in [7, 11) is 1.26. The summed E-state index contributed by atoms with van der Waals surface area (Å²) in [6.45, 7) is 3.52. The first-order valence-corrected chi connectivity index (χ1v) is 6.30. The highest BCUT2D eigenvalue weighted by Crippen LogP contribution is 2.23. The molecule has 3 nitrogen and oxygen atoms in total. The van der Waals surface area contributed by atoms with Crippen LogP contribution in [0.2, 0.25) is 0 Å². The topological polar surface area (TPSA) is 38.3 Å². The Balaban J connectivity index is 2.95. The average molecular weight is 271 g/mol. The van der Waals surface area contributed by atoms with Gasteiger partial charge in [-0.1, -0.05) is 25.8 Å². The summed E-state index contributed by atoms with van der Waals surface area (Å²) in [5.74, 6) is -1.91. The standard InChI is InChI=1S/C14H19F2NO2/c1-4-5-6-11(14(18)19-3)17-13-10(15)8-7-9(2)12(13)16/h7-8,11,17H,4-6H2,1-3H3. The van der Waals surface area contributed by atoms with E-state index in [1.165, 1.54) is 19.2 Å². The molecule has 1 N–H and O–H groups in total. The monoisotopic (exact) mass is 271 g/mol. The summed E-state index contributed by atoms with van der Waals surface area (Å²) < 4.78 is 32.1. The van der Waals surface area contributed by atoms with Crippen LogP contribution in [0.5, 0.6) is 0 Å². The third kappa shape index (κ3) is 3.91. The van der Waals surface area contributed by atoms with Crippen molar-refractivity contribution in [2.24, 2.45) is 0 Å². The molecule has 0 aliphatic rings. The zero-order valence-electron chi connectivity index (χ0n) is 11.4. The lowest BCUT2D eigenvalue weighted by Crippen LogP contribution is -2.31. The van der Waals surface area contributed by atoms with E-state index in [1.807, 2.05) is 6.92 Å². The van der Waals surface area contributed by atoms with Gasteiger partial charge in [0, 0.05) is 0 Å². The maximum absolute atomic E-state index is 13.9. The van der Waals surface area contributed by atoms with E-state index >= 15 is 0 Å². The first kappa shape index (κ1) is 15.4. The van der Waals surface area contributed by atoms with Gasteiger partial charge in [0.25, 0.3) is 0 Å². The number of methoxy groups -OCH3 is 1. The van der Waals surface area contributed by atoms with Gasteiger partial charge in [-0.3, -0.25) is 0 Å². The molecule has 0 radical (unpaired) electrons. The van der Waals surface area contributed by atoms with Gasteiger partial charge in [-0.2, -0.15) is 0 Å². The van der Waals surface area contributed by atoms with Crippen LogP contribution in [-0.4, -0.2) is 19.1 Å². The summed E-state index contributed by atoms with van der Waals surface area (Å²) >= 11 is 0. The van der Waals surface area contributed by atoms with Gasteiger partial charge in [0.2, 0.25) is 0 Å². The van der Waals surface area contributed by atoms with Crippen LogP contribution < -0.4 is 5.32 Å². The Morgan fingerprint density at radius 1 is 1.42 bits per heavy atom. The van der Waals surface area contributed by atoms with Gasteiger partial charge < -0.3 is 10.1 Å². The first-order chi connectivity index (χ1) is 9.01. The van der Waals surface area contributed by atoms with Gasteiger partial charge in [0.05, 0.1) is 7.11 Å². The number of hydrogen-bond donors (Lipinski definition) is 1. The molecular weight excluding hydrogens is 252 g/mol. The lowest BCUT2D eigenvalue weighted by atomic mass is 10.1. The molecule has 0 fully saturated rings. The molecule has 0 aromatic heterocycles. The maximum Gasteiger partial charge on any atom is 0.328 e. The molecule has 0 aliphatic heterocycles. The van der Waals surface area contributed by atoms with Crippen molar-refractivity contribution < 1.29 is 18.3 Å². The molecule has 0 spiro atoms. The normalized spacial score (nSPS) is 12.1. The molecule has 0 heterocycles. The smallest absolute Gasteiger partial charge is 0.328 e. The highest BCUT2D eigenvalue weighted by atomic mass is 19.1. The lowest BCUT2D eigenvalue weighted by Gasteiger charge is -2.18. The van der Waals surface area contributed by atoms with E-state index in [9.17, 15) is 13.6 Å². The molecule has 0 aliphatic carbocycles. The summed E-state index contributed by atoms with van der Waals surface area (Å²) in [6, 6.07) is 1.79. The number of aryl methyl sites for hydroxylation is 1. The Labute approximate surface area is 112 Å². The zero-order valence-corrected chi connectivity index (χ0v) is 11.4. The number of carbonyl (C=O) groups excluding carboxylic acids is 1. The highest BCUT2D eigenvalue weighted by molar-refractivity contribution is 5.79.